The van der Waals surface area contributed by atoms with E-state index in [1.54, 1.807) is 0 Å². The average molecular weight is 263 g/mol. The van der Waals surface area contributed by atoms with Crippen molar-refractivity contribution in [1.82, 2.24) is 5.32 Å². The summed E-state index contributed by atoms with van der Waals surface area (Å²) in [5.74, 6) is 0.160. The second kappa shape index (κ2) is 7.14. The molecule has 4 nitrogen and oxygen atoms in total. The van der Waals surface area contributed by atoms with Crippen LogP contribution in [0.5, 0.6) is 0 Å². The fourth-order valence-corrected chi connectivity index (χ4v) is 2.39. The summed E-state index contributed by atoms with van der Waals surface area (Å²) in [6.45, 7) is 7.34. The van der Waals surface area contributed by atoms with Gasteiger partial charge in [0, 0.05) is 17.6 Å². The minimum atomic E-state index is 0.160. The van der Waals surface area contributed by atoms with Gasteiger partial charge in [-0.2, -0.15) is 0 Å². The molecule has 0 saturated heterocycles. The molecule has 0 bridgehead atoms. The molecule has 106 valence electrons. The quantitative estimate of drug-likeness (QED) is 0.306. The molecule has 4 heteroatoms. The first-order valence-electron chi connectivity index (χ1n) is 6.93. The Bertz CT molecular complexity index is 417. The molecular weight excluding hydrogens is 238 g/mol. The third-order valence-corrected chi connectivity index (χ3v) is 4.09. The minimum absolute atomic E-state index is 0.160. The zero-order valence-electron chi connectivity index (χ0n) is 12.1. The van der Waals surface area contributed by atoms with Crippen LogP contribution in [-0.2, 0) is 6.54 Å². The van der Waals surface area contributed by atoms with Crippen molar-refractivity contribution in [2.75, 3.05) is 0 Å². The number of hydrogen-bond acceptors (Lipinski definition) is 3. The largest absolute Gasteiger partial charge is 0.409 e. The summed E-state index contributed by atoms with van der Waals surface area (Å²) in [6.07, 6.45) is 3.27. The van der Waals surface area contributed by atoms with Gasteiger partial charge in [-0.1, -0.05) is 50.2 Å². The van der Waals surface area contributed by atoms with Gasteiger partial charge in [0.25, 0.3) is 0 Å². The van der Waals surface area contributed by atoms with E-state index < -0.39 is 0 Å². The van der Waals surface area contributed by atoms with Crippen molar-refractivity contribution < 1.29 is 5.21 Å². The molecule has 0 aliphatic carbocycles. The molecule has 0 aliphatic rings. The fraction of sp³-hybridized carbons (Fsp3) is 0.533. The molecule has 1 rings (SSSR count). The van der Waals surface area contributed by atoms with Crippen molar-refractivity contribution in [2.24, 2.45) is 10.9 Å². The zero-order valence-corrected chi connectivity index (χ0v) is 12.1. The van der Waals surface area contributed by atoms with Crippen LogP contribution >= 0.6 is 0 Å². The molecule has 1 aromatic rings. The first-order valence-corrected chi connectivity index (χ1v) is 6.93. The van der Waals surface area contributed by atoms with Crippen LogP contribution in [0.1, 0.15) is 51.2 Å². The molecule has 0 unspecified atom stereocenters. The predicted molar refractivity (Wildman–Crippen MR) is 79.4 cm³/mol. The highest BCUT2D eigenvalue weighted by molar-refractivity contribution is 5.98. The molecule has 0 saturated carbocycles. The standard InChI is InChI=1S/C15H25N3O/c1-4-15(5-2,6-3)17-11-12-9-7-8-10-13(12)14(16)18-19/h7-10,17,19H,4-6,11H2,1-3H3,(H2,16,18). The molecule has 19 heavy (non-hydrogen) atoms. The highest BCUT2D eigenvalue weighted by atomic mass is 16.4. The molecule has 1 aromatic carbocycles. The van der Waals surface area contributed by atoms with Gasteiger partial charge < -0.3 is 16.3 Å². The number of nitrogens with zero attached hydrogens (tertiary/aromatic N) is 1. The Balaban J connectivity index is 2.89. The number of hydrogen-bond donors (Lipinski definition) is 3. The van der Waals surface area contributed by atoms with Gasteiger partial charge >= 0.3 is 0 Å². The van der Waals surface area contributed by atoms with Crippen LogP contribution in [0.3, 0.4) is 0 Å². The summed E-state index contributed by atoms with van der Waals surface area (Å²) >= 11 is 0. The molecule has 0 spiro atoms. The van der Waals surface area contributed by atoms with Gasteiger partial charge in [0.05, 0.1) is 0 Å². The molecule has 0 heterocycles. The van der Waals surface area contributed by atoms with Gasteiger partial charge in [-0.25, -0.2) is 0 Å². The second-order valence-electron chi connectivity index (χ2n) is 4.84. The van der Waals surface area contributed by atoms with E-state index >= 15 is 0 Å². The van der Waals surface area contributed by atoms with Crippen LogP contribution in [0.15, 0.2) is 29.4 Å². The van der Waals surface area contributed by atoms with E-state index in [2.05, 4.69) is 31.2 Å². The summed E-state index contributed by atoms with van der Waals surface area (Å²) in [5.41, 5.74) is 7.71. The van der Waals surface area contributed by atoms with Gasteiger partial charge in [0.1, 0.15) is 0 Å². The van der Waals surface area contributed by atoms with Gasteiger partial charge in [-0.3, -0.25) is 0 Å². The lowest BCUT2D eigenvalue weighted by molar-refractivity contribution is 0.288. The minimum Gasteiger partial charge on any atom is -0.409 e. The van der Waals surface area contributed by atoms with E-state index in [9.17, 15) is 0 Å². The summed E-state index contributed by atoms with van der Waals surface area (Å²) in [7, 11) is 0. The number of rotatable bonds is 7. The van der Waals surface area contributed by atoms with Crippen LogP contribution in [0.25, 0.3) is 0 Å². The van der Waals surface area contributed by atoms with Crippen molar-refractivity contribution in [3.63, 3.8) is 0 Å². The second-order valence-corrected chi connectivity index (χ2v) is 4.84. The maximum absolute atomic E-state index is 8.82. The topological polar surface area (TPSA) is 70.6 Å². The smallest absolute Gasteiger partial charge is 0.170 e. The molecule has 0 aromatic heterocycles. The lowest BCUT2D eigenvalue weighted by Gasteiger charge is -2.32. The van der Waals surface area contributed by atoms with Crippen LogP contribution in [-0.4, -0.2) is 16.6 Å². The summed E-state index contributed by atoms with van der Waals surface area (Å²) in [5, 5.41) is 15.5. The Morgan fingerprint density at radius 2 is 1.79 bits per heavy atom. The number of nitrogens with two attached hydrogens (primary N) is 1. The third-order valence-electron chi connectivity index (χ3n) is 4.09. The SMILES string of the molecule is CCC(CC)(CC)NCc1ccccc1C(N)=NO. The van der Waals surface area contributed by atoms with Crippen molar-refractivity contribution in [1.29, 1.82) is 0 Å². The van der Waals surface area contributed by atoms with Crippen LogP contribution < -0.4 is 11.1 Å². The van der Waals surface area contributed by atoms with E-state index in [4.69, 9.17) is 10.9 Å². The molecule has 0 atom stereocenters. The van der Waals surface area contributed by atoms with Gasteiger partial charge in [-0.05, 0) is 24.8 Å². The maximum Gasteiger partial charge on any atom is 0.170 e. The average Bonchev–Trinajstić information content (AvgIpc) is 2.49. The van der Waals surface area contributed by atoms with E-state index in [0.717, 1.165) is 36.9 Å². The maximum atomic E-state index is 8.82. The Labute approximate surface area is 115 Å². The van der Waals surface area contributed by atoms with Gasteiger partial charge in [0.15, 0.2) is 5.84 Å². The number of oxime groups is 1. The Morgan fingerprint density at radius 1 is 1.21 bits per heavy atom. The predicted octanol–water partition coefficient (Wildman–Crippen LogP) is 2.84. The number of benzene rings is 1. The lowest BCUT2D eigenvalue weighted by atomic mass is 9.89. The van der Waals surface area contributed by atoms with Gasteiger partial charge in [0.2, 0.25) is 0 Å². The van der Waals surface area contributed by atoms with Crippen LogP contribution in [0, 0.1) is 0 Å². The normalized spacial score (nSPS) is 12.7. The van der Waals surface area contributed by atoms with Crippen molar-refractivity contribution in [2.45, 2.75) is 52.1 Å². The van der Waals surface area contributed by atoms with E-state index in [1.807, 2.05) is 24.3 Å². The molecule has 0 aliphatic heterocycles. The first-order chi connectivity index (χ1) is 9.12. The Hall–Kier alpha value is -1.55. The third kappa shape index (κ3) is 3.70. The fourth-order valence-electron chi connectivity index (χ4n) is 2.39. The molecule has 0 amide bonds. The Morgan fingerprint density at radius 3 is 2.32 bits per heavy atom. The number of amidine groups is 1. The van der Waals surface area contributed by atoms with Crippen molar-refractivity contribution >= 4 is 5.84 Å². The molecule has 0 radical (unpaired) electrons. The van der Waals surface area contributed by atoms with E-state index in [-0.39, 0.29) is 11.4 Å². The monoisotopic (exact) mass is 263 g/mol. The van der Waals surface area contributed by atoms with Gasteiger partial charge in [-0.15, -0.1) is 0 Å². The van der Waals surface area contributed by atoms with Crippen molar-refractivity contribution in [3.05, 3.63) is 35.4 Å². The Kier molecular flexibility index (Phi) is 5.83. The number of nitrogens with one attached hydrogen (secondary N) is 1. The van der Waals surface area contributed by atoms with E-state index in [1.165, 1.54) is 0 Å². The first kappa shape index (κ1) is 15.5. The van der Waals surface area contributed by atoms with E-state index in [0.29, 0.717) is 0 Å². The summed E-state index contributed by atoms with van der Waals surface area (Å²) < 4.78 is 0. The summed E-state index contributed by atoms with van der Waals surface area (Å²) in [4.78, 5) is 0. The van der Waals surface area contributed by atoms with Crippen LogP contribution in [0.4, 0.5) is 0 Å². The summed E-state index contributed by atoms with van der Waals surface area (Å²) in [6, 6.07) is 7.74. The van der Waals surface area contributed by atoms with Crippen molar-refractivity contribution in [3.8, 4) is 0 Å². The van der Waals surface area contributed by atoms with Crippen LogP contribution in [0.2, 0.25) is 0 Å². The lowest BCUT2D eigenvalue weighted by Crippen LogP contribution is -2.43. The highest BCUT2D eigenvalue weighted by Gasteiger charge is 2.23. The molecule has 0 fully saturated rings. The molecule has 4 N–H and O–H groups in total. The zero-order chi connectivity index (χ0) is 14.3. The molecular formula is C15H25N3O. The highest BCUT2D eigenvalue weighted by Crippen LogP contribution is 2.20.